The van der Waals surface area contributed by atoms with E-state index in [9.17, 15) is 14.0 Å². The van der Waals surface area contributed by atoms with Gasteiger partial charge in [0.25, 0.3) is 5.91 Å². The van der Waals surface area contributed by atoms with Gasteiger partial charge in [-0.1, -0.05) is 29.8 Å². The Bertz CT molecular complexity index is 1160. The second kappa shape index (κ2) is 8.83. The zero-order valence-corrected chi connectivity index (χ0v) is 17.7. The first-order valence-electron chi connectivity index (χ1n) is 9.32. The largest absolute Gasteiger partial charge is 0.368 e. The Balaban J connectivity index is 1.47. The Hall–Kier alpha value is -3.30. The van der Waals surface area contributed by atoms with E-state index in [1.807, 2.05) is 24.3 Å². The highest BCUT2D eigenvalue weighted by Gasteiger charge is 2.35. The highest BCUT2D eigenvalue weighted by atomic mass is 35.5. The van der Waals surface area contributed by atoms with Crippen molar-refractivity contribution in [2.45, 2.75) is 18.9 Å². The van der Waals surface area contributed by atoms with Crippen LogP contribution in [0.15, 0.2) is 59.8 Å². The first-order chi connectivity index (χ1) is 14.9. The Morgan fingerprint density at radius 1 is 1.23 bits per heavy atom. The smallest absolute Gasteiger partial charge is 0.273 e. The van der Waals surface area contributed by atoms with Crippen LogP contribution in [-0.2, 0) is 16.0 Å². The van der Waals surface area contributed by atoms with Crippen LogP contribution in [0.3, 0.4) is 0 Å². The monoisotopic (exact) mass is 457 g/mol. The van der Waals surface area contributed by atoms with E-state index in [0.717, 1.165) is 10.4 Å². The quantitative estimate of drug-likeness (QED) is 0.590. The summed E-state index contributed by atoms with van der Waals surface area (Å²) in [4.78, 5) is 29.7. The third kappa shape index (κ3) is 4.73. The van der Waals surface area contributed by atoms with Gasteiger partial charge >= 0.3 is 0 Å². The lowest BCUT2D eigenvalue weighted by Gasteiger charge is -2.20. The normalized spacial score (nSPS) is 15.6. The number of carbonyl (C=O) groups excluding carboxylic acids is 2. The van der Waals surface area contributed by atoms with Gasteiger partial charge in [-0.25, -0.2) is 9.37 Å². The maximum atomic E-state index is 13.2. The lowest BCUT2D eigenvalue weighted by Crippen LogP contribution is -2.39. The summed E-state index contributed by atoms with van der Waals surface area (Å²) in [5.41, 5.74) is 7.04. The van der Waals surface area contributed by atoms with Crippen LogP contribution < -0.4 is 16.1 Å². The molecule has 7 nitrogen and oxygen atoms in total. The van der Waals surface area contributed by atoms with Gasteiger partial charge in [-0.05, 0) is 35.9 Å². The molecule has 2 heterocycles. The summed E-state index contributed by atoms with van der Waals surface area (Å²) in [6.07, 6.45) is 2.31. The van der Waals surface area contributed by atoms with E-state index in [1.165, 1.54) is 40.6 Å². The van der Waals surface area contributed by atoms with Gasteiger partial charge < -0.3 is 5.73 Å². The predicted octanol–water partition coefficient (Wildman–Crippen LogP) is 3.59. The number of hydrazone groups is 1. The van der Waals surface area contributed by atoms with Gasteiger partial charge in [-0.15, -0.1) is 11.3 Å². The summed E-state index contributed by atoms with van der Waals surface area (Å²) in [6, 6.07) is 12.1. The summed E-state index contributed by atoms with van der Waals surface area (Å²) < 4.78 is 13.2. The maximum absolute atomic E-state index is 13.2. The van der Waals surface area contributed by atoms with Crippen LogP contribution in [0.2, 0.25) is 5.02 Å². The molecule has 31 heavy (non-hydrogen) atoms. The molecular weight excluding hydrogens is 441 g/mol. The van der Waals surface area contributed by atoms with Crippen molar-refractivity contribution in [1.29, 1.82) is 0 Å². The van der Waals surface area contributed by atoms with E-state index in [1.54, 1.807) is 6.20 Å². The van der Waals surface area contributed by atoms with Crippen molar-refractivity contribution in [1.82, 2.24) is 4.98 Å². The average molecular weight is 458 g/mol. The minimum Gasteiger partial charge on any atom is -0.368 e. The van der Waals surface area contributed by atoms with Crippen molar-refractivity contribution in [3.8, 4) is 0 Å². The van der Waals surface area contributed by atoms with Crippen LogP contribution in [0, 0.1) is 5.82 Å². The minimum atomic E-state index is -0.835. The number of anilines is 2. The molecule has 3 N–H and O–H groups in total. The molecule has 0 bridgehead atoms. The molecule has 2 amide bonds. The fraction of sp³-hybridized carbons (Fsp3) is 0.143. The molecule has 1 aromatic heterocycles. The first kappa shape index (κ1) is 21.0. The number of primary amides is 1. The highest BCUT2D eigenvalue weighted by Crippen LogP contribution is 2.27. The minimum absolute atomic E-state index is 0.0381. The second-order valence-electron chi connectivity index (χ2n) is 6.84. The number of amides is 2. The van der Waals surface area contributed by atoms with E-state index in [0.29, 0.717) is 22.3 Å². The Labute approximate surface area is 186 Å². The number of halogens is 2. The lowest BCUT2D eigenvalue weighted by molar-refractivity contribution is -0.119. The van der Waals surface area contributed by atoms with Gasteiger partial charge in [0.15, 0.2) is 5.13 Å². The number of rotatable bonds is 6. The number of aromatic nitrogens is 1. The lowest BCUT2D eigenvalue weighted by atomic mass is 10.1. The SMILES string of the molecule is NC(=O)C1CC(C(=O)Nc2ncc(Cc3ccccc3Cl)s2)=NN1c1ccc(F)cc1. The van der Waals surface area contributed by atoms with Crippen molar-refractivity contribution in [3.63, 3.8) is 0 Å². The third-order valence-corrected chi connectivity index (χ3v) is 5.97. The standard InChI is InChI=1S/C21H17ClFN5O2S/c22-16-4-2-1-3-12(16)9-15-11-25-21(31-15)26-20(30)17-10-18(19(24)29)28(27-17)14-7-5-13(23)6-8-14/h1-8,11,18H,9-10H2,(H2,24,29)(H,25,26,30). The van der Waals surface area contributed by atoms with Crippen molar-refractivity contribution in [3.05, 3.63) is 76.0 Å². The topological polar surface area (TPSA) is 101 Å². The molecule has 0 saturated heterocycles. The molecule has 4 rings (SSSR count). The molecule has 10 heteroatoms. The van der Waals surface area contributed by atoms with Gasteiger partial charge in [-0.2, -0.15) is 5.10 Å². The number of carbonyl (C=O) groups is 2. The zero-order valence-electron chi connectivity index (χ0n) is 16.1. The second-order valence-corrected chi connectivity index (χ2v) is 8.37. The number of hydrogen-bond donors (Lipinski definition) is 2. The summed E-state index contributed by atoms with van der Waals surface area (Å²) >= 11 is 7.52. The Morgan fingerprint density at radius 2 is 1.97 bits per heavy atom. The average Bonchev–Trinajstić information content (AvgIpc) is 3.38. The molecule has 0 saturated carbocycles. The Kier molecular flexibility index (Phi) is 5.97. The van der Waals surface area contributed by atoms with E-state index in [-0.39, 0.29) is 12.1 Å². The number of benzene rings is 2. The van der Waals surface area contributed by atoms with E-state index < -0.39 is 23.7 Å². The van der Waals surface area contributed by atoms with Gasteiger partial charge in [0.1, 0.15) is 17.6 Å². The third-order valence-electron chi connectivity index (χ3n) is 4.69. The van der Waals surface area contributed by atoms with Crippen LogP contribution >= 0.6 is 22.9 Å². The molecule has 0 aliphatic carbocycles. The summed E-state index contributed by atoms with van der Waals surface area (Å²) in [5, 5.41) is 9.37. The van der Waals surface area contributed by atoms with Gasteiger partial charge in [0.2, 0.25) is 5.91 Å². The highest BCUT2D eigenvalue weighted by molar-refractivity contribution is 7.15. The number of nitrogens with one attached hydrogen (secondary N) is 1. The fourth-order valence-electron chi connectivity index (χ4n) is 3.15. The molecule has 1 unspecified atom stereocenters. The fourth-order valence-corrected chi connectivity index (χ4v) is 4.18. The van der Waals surface area contributed by atoms with Crippen molar-refractivity contribution in [2.75, 3.05) is 10.3 Å². The molecule has 1 atom stereocenters. The van der Waals surface area contributed by atoms with E-state index in [2.05, 4.69) is 15.4 Å². The molecular formula is C21H17ClFN5O2S. The number of hydrogen-bond acceptors (Lipinski definition) is 6. The maximum Gasteiger partial charge on any atom is 0.273 e. The molecule has 0 radical (unpaired) electrons. The van der Waals surface area contributed by atoms with Crippen molar-refractivity contribution >= 4 is 51.3 Å². The van der Waals surface area contributed by atoms with E-state index >= 15 is 0 Å². The molecule has 2 aromatic carbocycles. The molecule has 1 aliphatic rings. The Morgan fingerprint density at radius 3 is 2.68 bits per heavy atom. The van der Waals surface area contributed by atoms with Gasteiger partial charge in [0, 0.05) is 28.9 Å². The van der Waals surface area contributed by atoms with Crippen molar-refractivity contribution in [2.24, 2.45) is 10.8 Å². The van der Waals surface area contributed by atoms with Crippen molar-refractivity contribution < 1.29 is 14.0 Å². The van der Waals surface area contributed by atoms with Crippen LogP contribution in [0.5, 0.6) is 0 Å². The molecule has 3 aromatic rings. The van der Waals surface area contributed by atoms with Gasteiger partial charge in [0.05, 0.1) is 5.69 Å². The van der Waals surface area contributed by atoms with Crippen LogP contribution in [0.4, 0.5) is 15.2 Å². The number of nitrogens with two attached hydrogens (primary N) is 1. The summed E-state index contributed by atoms with van der Waals surface area (Å²) in [6.45, 7) is 0. The molecule has 0 fully saturated rings. The summed E-state index contributed by atoms with van der Waals surface area (Å²) in [5.74, 6) is -1.53. The van der Waals surface area contributed by atoms with Gasteiger partial charge in [-0.3, -0.25) is 19.9 Å². The van der Waals surface area contributed by atoms with E-state index in [4.69, 9.17) is 17.3 Å². The summed E-state index contributed by atoms with van der Waals surface area (Å²) in [7, 11) is 0. The molecule has 1 aliphatic heterocycles. The number of nitrogens with zero attached hydrogens (tertiary/aromatic N) is 3. The van der Waals surface area contributed by atoms with Crippen LogP contribution in [0.1, 0.15) is 16.9 Å². The first-order valence-corrected chi connectivity index (χ1v) is 10.5. The zero-order chi connectivity index (χ0) is 22.0. The van der Waals surface area contributed by atoms with Crippen LogP contribution in [-0.4, -0.2) is 28.6 Å². The predicted molar refractivity (Wildman–Crippen MR) is 119 cm³/mol. The molecule has 158 valence electrons. The van der Waals surface area contributed by atoms with Crippen LogP contribution in [0.25, 0.3) is 0 Å². The molecule has 0 spiro atoms. The number of thiazole rings is 1.